The number of fused-ring (bicyclic) bond motifs is 4. The highest BCUT2D eigenvalue weighted by Crippen LogP contribution is 2.38. The van der Waals surface area contributed by atoms with Crippen molar-refractivity contribution in [2.24, 2.45) is 11.8 Å². The van der Waals surface area contributed by atoms with E-state index in [1.807, 2.05) is 24.3 Å². The summed E-state index contributed by atoms with van der Waals surface area (Å²) < 4.78 is 11.2. The summed E-state index contributed by atoms with van der Waals surface area (Å²) in [5.74, 6) is -1.25. The fourth-order valence-electron chi connectivity index (χ4n) is 4.45. The fraction of sp³-hybridized carbons (Fsp3) is 0.318. The second-order valence-electron chi connectivity index (χ2n) is 7.49. The number of imide groups is 1. The predicted octanol–water partition coefficient (Wildman–Crippen LogP) is 3.67. The molecule has 1 saturated carbocycles. The van der Waals surface area contributed by atoms with E-state index in [1.54, 1.807) is 18.2 Å². The highest BCUT2D eigenvalue weighted by atomic mass is 16.5. The monoisotopic (exact) mass is 377 g/mol. The first-order valence-corrected chi connectivity index (χ1v) is 9.59. The van der Waals surface area contributed by atoms with Gasteiger partial charge in [-0.3, -0.25) is 14.5 Å². The van der Waals surface area contributed by atoms with Crippen molar-refractivity contribution >= 4 is 39.7 Å². The number of ether oxygens (including phenoxy) is 1. The van der Waals surface area contributed by atoms with E-state index in [0.29, 0.717) is 11.3 Å². The van der Waals surface area contributed by atoms with Crippen molar-refractivity contribution in [2.75, 3.05) is 6.54 Å². The third-order valence-electron chi connectivity index (χ3n) is 5.80. The Morgan fingerprint density at radius 1 is 0.964 bits per heavy atom. The van der Waals surface area contributed by atoms with E-state index < -0.39 is 5.97 Å². The zero-order chi connectivity index (χ0) is 19.3. The number of carbonyl (C=O) groups is 3. The highest BCUT2D eigenvalue weighted by molar-refractivity contribution is 6.07. The molecule has 2 atom stereocenters. The molecule has 6 nitrogen and oxygen atoms in total. The lowest BCUT2D eigenvalue weighted by Gasteiger charge is -2.19. The molecule has 0 radical (unpaired) electrons. The number of rotatable bonds is 3. The van der Waals surface area contributed by atoms with Crippen molar-refractivity contribution in [1.82, 2.24) is 4.90 Å². The number of hydrogen-bond acceptors (Lipinski definition) is 5. The third-order valence-corrected chi connectivity index (χ3v) is 5.80. The third kappa shape index (κ3) is 2.68. The van der Waals surface area contributed by atoms with E-state index >= 15 is 0 Å². The summed E-state index contributed by atoms with van der Waals surface area (Å²) in [6.45, 7) is -0.338. The quantitative estimate of drug-likeness (QED) is 0.395. The smallest absolute Gasteiger partial charge is 0.331 e. The second kappa shape index (κ2) is 6.48. The maximum Gasteiger partial charge on any atom is 0.331 e. The molecule has 2 aliphatic rings. The van der Waals surface area contributed by atoms with Crippen LogP contribution in [0.2, 0.25) is 0 Å². The highest BCUT2D eigenvalue weighted by Gasteiger charge is 2.48. The minimum atomic E-state index is -0.618. The molecule has 2 heterocycles. The lowest BCUT2D eigenvalue weighted by molar-refractivity contribution is -0.148. The van der Waals surface area contributed by atoms with Crippen LogP contribution >= 0.6 is 0 Å². The number of carbonyl (C=O) groups excluding carboxylic acids is 3. The van der Waals surface area contributed by atoms with Gasteiger partial charge in [-0.1, -0.05) is 31.0 Å². The molecule has 0 N–H and O–H groups in total. The number of para-hydroxylation sites is 1. The number of amides is 2. The number of hydrogen-bond donors (Lipinski definition) is 0. The fourth-order valence-corrected chi connectivity index (χ4v) is 4.45. The van der Waals surface area contributed by atoms with Crippen LogP contribution in [0.4, 0.5) is 0 Å². The summed E-state index contributed by atoms with van der Waals surface area (Å²) in [4.78, 5) is 38.5. The predicted molar refractivity (Wildman–Crippen MR) is 102 cm³/mol. The lowest BCUT2D eigenvalue weighted by atomic mass is 9.81. The summed E-state index contributed by atoms with van der Waals surface area (Å²) in [6, 6.07) is 12.8. The SMILES string of the molecule is O=C(CN1C(=O)C2CCCCC2C1=O)Oc1ccc2oc3ccccc3c2c1. The molecule has 2 aromatic carbocycles. The summed E-state index contributed by atoms with van der Waals surface area (Å²) >= 11 is 0. The largest absolute Gasteiger partial charge is 0.456 e. The molecular weight excluding hydrogens is 358 g/mol. The Labute approximate surface area is 161 Å². The first kappa shape index (κ1) is 17.0. The summed E-state index contributed by atoms with van der Waals surface area (Å²) in [5.41, 5.74) is 1.46. The van der Waals surface area contributed by atoms with Crippen molar-refractivity contribution in [3.63, 3.8) is 0 Å². The van der Waals surface area contributed by atoms with Crippen LogP contribution in [0.1, 0.15) is 25.7 Å². The maximum atomic E-state index is 12.5. The zero-order valence-corrected chi connectivity index (χ0v) is 15.2. The van der Waals surface area contributed by atoms with E-state index in [0.717, 1.165) is 46.9 Å². The molecule has 5 rings (SSSR count). The Kier molecular flexibility index (Phi) is 3.93. The van der Waals surface area contributed by atoms with Gasteiger partial charge in [0.25, 0.3) is 0 Å². The number of benzene rings is 2. The minimum absolute atomic E-state index is 0.233. The normalized spacial score (nSPS) is 22.1. The topological polar surface area (TPSA) is 76.8 Å². The molecule has 142 valence electrons. The van der Waals surface area contributed by atoms with E-state index in [1.165, 1.54) is 0 Å². The molecule has 0 spiro atoms. The Hall–Kier alpha value is -3.15. The molecule has 1 aliphatic heterocycles. The van der Waals surface area contributed by atoms with Gasteiger partial charge in [0.05, 0.1) is 11.8 Å². The minimum Gasteiger partial charge on any atom is -0.456 e. The number of furan rings is 1. The molecule has 2 fully saturated rings. The number of esters is 1. The van der Waals surface area contributed by atoms with Gasteiger partial charge in [0.1, 0.15) is 23.5 Å². The van der Waals surface area contributed by atoms with Crippen molar-refractivity contribution in [3.05, 3.63) is 42.5 Å². The van der Waals surface area contributed by atoms with Crippen LogP contribution < -0.4 is 4.74 Å². The number of likely N-dealkylation sites (tertiary alicyclic amines) is 1. The van der Waals surface area contributed by atoms with Crippen LogP contribution in [-0.4, -0.2) is 29.2 Å². The van der Waals surface area contributed by atoms with E-state index in [-0.39, 0.29) is 30.2 Å². The van der Waals surface area contributed by atoms with Gasteiger partial charge < -0.3 is 9.15 Å². The first-order valence-electron chi connectivity index (χ1n) is 9.59. The summed E-state index contributed by atoms with van der Waals surface area (Å²) in [5, 5.41) is 1.78. The van der Waals surface area contributed by atoms with Crippen LogP contribution in [0.15, 0.2) is 46.9 Å². The van der Waals surface area contributed by atoms with Gasteiger partial charge in [-0.05, 0) is 37.1 Å². The van der Waals surface area contributed by atoms with Crippen LogP contribution in [-0.2, 0) is 14.4 Å². The molecule has 1 aromatic heterocycles. The van der Waals surface area contributed by atoms with Crippen molar-refractivity contribution in [2.45, 2.75) is 25.7 Å². The second-order valence-corrected chi connectivity index (χ2v) is 7.49. The van der Waals surface area contributed by atoms with Crippen LogP contribution in [0.5, 0.6) is 5.75 Å². The maximum absolute atomic E-state index is 12.5. The van der Waals surface area contributed by atoms with Gasteiger partial charge in [-0.25, -0.2) is 4.79 Å². The Morgan fingerprint density at radius 3 is 2.39 bits per heavy atom. The average molecular weight is 377 g/mol. The standard InChI is InChI=1S/C22H19NO5/c24-20(12-23-21(25)15-6-1-2-7-16(15)22(23)26)27-13-9-10-19-17(11-13)14-5-3-4-8-18(14)28-19/h3-5,8-11,15-16H,1-2,6-7,12H2. The van der Waals surface area contributed by atoms with Crippen molar-refractivity contribution in [1.29, 1.82) is 0 Å². The molecule has 3 aromatic rings. The molecule has 0 bridgehead atoms. The Morgan fingerprint density at radius 2 is 1.64 bits per heavy atom. The van der Waals surface area contributed by atoms with Gasteiger partial charge in [0, 0.05) is 10.8 Å². The average Bonchev–Trinajstić information content (AvgIpc) is 3.19. The zero-order valence-electron chi connectivity index (χ0n) is 15.2. The molecule has 1 aliphatic carbocycles. The van der Waals surface area contributed by atoms with Crippen LogP contribution in [0.25, 0.3) is 21.9 Å². The molecule has 6 heteroatoms. The van der Waals surface area contributed by atoms with Gasteiger partial charge in [-0.15, -0.1) is 0 Å². The lowest BCUT2D eigenvalue weighted by Crippen LogP contribution is -2.37. The first-order chi connectivity index (χ1) is 13.6. The molecule has 2 amide bonds. The van der Waals surface area contributed by atoms with Crippen LogP contribution in [0.3, 0.4) is 0 Å². The van der Waals surface area contributed by atoms with Gasteiger partial charge in [0.2, 0.25) is 11.8 Å². The molecule has 1 saturated heterocycles. The summed E-state index contributed by atoms with van der Waals surface area (Å²) in [7, 11) is 0. The van der Waals surface area contributed by atoms with Crippen molar-refractivity contribution in [3.8, 4) is 5.75 Å². The van der Waals surface area contributed by atoms with Gasteiger partial charge >= 0.3 is 5.97 Å². The van der Waals surface area contributed by atoms with E-state index in [4.69, 9.17) is 9.15 Å². The molecule has 2 unspecified atom stereocenters. The van der Waals surface area contributed by atoms with E-state index in [2.05, 4.69) is 0 Å². The Balaban J connectivity index is 1.35. The molecule has 28 heavy (non-hydrogen) atoms. The number of nitrogens with zero attached hydrogens (tertiary/aromatic N) is 1. The van der Waals surface area contributed by atoms with Crippen molar-refractivity contribution < 1.29 is 23.5 Å². The van der Waals surface area contributed by atoms with Gasteiger partial charge in [0.15, 0.2) is 0 Å². The van der Waals surface area contributed by atoms with Crippen LogP contribution in [0, 0.1) is 11.8 Å². The summed E-state index contributed by atoms with van der Waals surface area (Å²) in [6.07, 6.45) is 3.37. The van der Waals surface area contributed by atoms with Gasteiger partial charge in [-0.2, -0.15) is 0 Å². The molecular formula is C22H19NO5. The Bertz CT molecular complexity index is 1090. The van der Waals surface area contributed by atoms with E-state index in [9.17, 15) is 14.4 Å².